The molecule has 1 aliphatic heterocycles. The molecule has 0 amide bonds. The predicted octanol–water partition coefficient (Wildman–Crippen LogP) is 2.94. The summed E-state index contributed by atoms with van der Waals surface area (Å²) in [5.74, 6) is 2.49. The summed E-state index contributed by atoms with van der Waals surface area (Å²) in [5, 5.41) is 3.51. The Labute approximate surface area is 155 Å². The van der Waals surface area contributed by atoms with Gasteiger partial charge in [-0.2, -0.15) is 0 Å². The van der Waals surface area contributed by atoms with Crippen LogP contribution in [0.4, 0.5) is 0 Å². The maximum Gasteiger partial charge on any atom is 0.193 e. The number of imidazole rings is 1. The zero-order valence-electron chi connectivity index (χ0n) is 15.9. The van der Waals surface area contributed by atoms with E-state index in [-0.39, 0.29) is 0 Å². The second-order valence-corrected chi connectivity index (χ2v) is 6.73. The third-order valence-corrected chi connectivity index (χ3v) is 5.05. The van der Waals surface area contributed by atoms with E-state index >= 15 is 0 Å². The number of guanidine groups is 1. The van der Waals surface area contributed by atoms with Gasteiger partial charge in [0.2, 0.25) is 0 Å². The first-order valence-corrected chi connectivity index (χ1v) is 9.36. The van der Waals surface area contributed by atoms with Gasteiger partial charge >= 0.3 is 0 Å². The van der Waals surface area contributed by atoms with Gasteiger partial charge in [-0.1, -0.05) is 25.1 Å². The van der Waals surface area contributed by atoms with Crippen LogP contribution in [0.25, 0.3) is 0 Å². The van der Waals surface area contributed by atoms with Crippen LogP contribution in [0.2, 0.25) is 0 Å². The molecule has 26 heavy (non-hydrogen) atoms. The second-order valence-electron chi connectivity index (χ2n) is 6.73. The zero-order chi connectivity index (χ0) is 18.4. The maximum absolute atomic E-state index is 5.72. The molecule has 2 aromatic rings. The van der Waals surface area contributed by atoms with Crippen molar-refractivity contribution in [1.29, 1.82) is 0 Å². The number of aliphatic imine (C=N–C) groups is 1. The van der Waals surface area contributed by atoms with Gasteiger partial charge in [0, 0.05) is 44.6 Å². The molecular formula is C20H29N5O. The smallest absolute Gasteiger partial charge is 0.193 e. The Morgan fingerprint density at radius 1 is 1.38 bits per heavy atom. The van der Waals surface area contributed by atoms with Gasteiger partial charge < -0.3 is 19.5 Å². The highest BCUT2D eigenvalue weighted by Crippen LogP contribution is 2.27. The van der Waals surface area contributed by atoms with Crippen LogP contribution in [0.1, 0.15) is 31.9 Å². The number of hydrogen-bond acceptors (Lipinski definition) is 3. The van der Waals surface area contributed by atoms with E-state index in [1.165, 1.54) is 0 Å². The van der Waals surface area contributed by atoms with Crippen molar-refractivity contribution in [2.45, 2.75) is 32.9 Å². The molecule has 3 rings (SSSR count). The minimum atomic E-state index is 0.417. The lowest BCUT2D eigenvalue weighted by Crippen LogP contribution is -2.48. The van der Waals surface area contributed by atoms with E-state index in [1.807, 2.05) is 44.7 Å². The van der Waals surface area contributed by atoms with E-state index in [1.54, 1.807) is 0 Å². The van der Waals surface area contributed by atoms with Crippen LogP contribution in [-0.4, -0.2) is 47.2 Å². The van der Waals surface area contributed by atoms with Gasteiger partial charge in [0.15, 0.2) is 5.96 Å². The third-order valence-electron chi connectivity index (χ3n) is 5.05. The van der Waals surface area contributed by atoms with Gasteiger partial charge in [0.05, 0.1) is 19.0 Å². The standard InChI is InChI=1S/C20H29N5O/c1-4-26-19-8-6-5-7-17(19)13-23-20(21-3)24-11-9-16(2)18(14-24)25-12-10-22-15-25/h5-8,10,12,15-16,18H,4,9,11,13-14H2,1-3H3,(H,21,23). The van der Waals surface area contributed by atoms with Crippen molar-refractivity contribution in [1.82, 2.24) is 19.8 Å². The molecule has 1 fully saturated rings. The monoisotopic (exact) mass is 355 g/mol. The van der Waals surface area contributed by atoms with Crippen LogP contribution in [-0.2, 0) is 6.54 Å². The van der Waals surface area contributed by atoms with Gasteiger partial charge in [-0.3, -0.25) is 4.99 Å². The molecule has 1 N–H and O–H groups in total. The fraction of sp³-hybridized carbons (Fsp3) is 0.500. The number of hydrogen-bond donors (Lipinski definition) is 1. The van der Waals surface area contributed by atoms with Crippen LogP contribution in [0.15, 0.2) is 48.0 Å². The number of para-hydroxylation sites is 1. The van der Waals surface area contributed by atoms with Gasteiger partial charge in [-0.25, -0.2) is 4.98 Å². The average Bonchev–Trinajstić information content (AvgIpc) is 3.19. The Bertz CT molecular complexity index is 713. The number of likely N-dealkylation sites (tertiary alicyclic amines) is 1. The summed E-state index contributed by atoms with van der Waals surface area (Å²) < 4.78 is 7.94. The van der Waals surface area contributed by atoms with Crippen molar-refractivity contribution in [3.63, 3.8) is 0 Å². The Hall–Kier alpha value is -2.50. The normalized spacial score (nSPS) is 20.9. The molecular weight excluding hydrogens is 326 g/mol. The molecule has 0 bridgehead atoms. The number of piperidine rings is 1. The van der Waals surface area contributed by atoms with E-state index in [4.69, 9.17) is 4.74 Å². The molecule has 1 aromatic heterocycles. The van der Waals surface area contributed by atoms with Gasteiger partial charge in [-0.05, 0) is 25.3 Å². The third kappa shape index (κ3) is 4.18. The zero-order valence-corrected chi connectivity index (χ0v) is 15.9. The van der Waals surface area contributed by atoms with Crippen molar-refractivity contribution in [2.75, 3.05) is 26.7 Å². The largest absolute Gasteiger partial charge is 0.494 e. The lowest BCUT2D eigenvalue weighted by atomic mass is 9.93. The highest BCUT2D eigenvalue weighted by Gasteiger charge is 2.28. The van der Waals surface area contributed by atoms with E-state index in [0.29, 0.717) is 25.1 Å². The van der Waals surface area contributed by atoms with Crippen molar-refractivity contribution in [3.8, 4) is 5.75 Å². The van der Waals surface area contributed by atoms with Crippen molar-refractivity contribution < 1.29 is 4.74 Å². The van der Waals surface area contributed by atoms with E-state index in [9.17, 15) is 0 Å². The van der Waals surface area contributed by atoms with Crippen LogP contribution < -0.4 is 10.1 Å². The number of nitrogens with zero attached hydrogens (tertiary/aromatic N) is 4. The molecule has 0 spiro atoms. The Morgan fingerprint density at radius 2 is 2.23 bits per heavy atom. The summed E-state index contributed by atoms with van der Waals surface area (Å²) in [6, 6.07) is 8.57. The quantitative estimate of drug-likeness (QED) is 0.662. The molecule has 1 aliphatic rings. The van der Waals surface area contributed by atoms with Crippen LogP contribution >= 0.6 is 0 Å². The summed E-state index contributed by atoms with van der Waals surface area (Å²) in [7, 11) is 1.85. The highest BCUT2D eigenvalue weighted by molar-refractivity contribution is 5.80. The lowest BCUT2D eigenvalue weighted by Gasteiger charge is -2.39. The van der Waals surface area contributed by atoms with Crippen LogP contribution in [0, 0.1) is 5.92 Å². The van der Waals surface area contributed by atoms with Gasteiger partial charge in [-0.15, -0.1) is 0 Å². The van der Waals surface area contributed by atoms with Crippen molar-refractivity contribution in [2.24, 2.45) is 10.9 Å². The first-order chi connectivity index (χ1) is 12.7. The first kappa shape index (κ1) is 18.3. The Kier molecular flexibility index (Phi) is 6.15. The van der Waals surface area contributed by atoms with E-state index < -0.39 is 0 Å². The Balaban J connectivity index is 1.66. The number of nitrogens with one attached hydrogen (secondary N) is 1. The summed E-state index contributed by atoms with van der Waals surface area (Å²) in [4.78, 5) is 11.1. The Morgan fingerprint density at radius 3 is 2.96 bits per heavy atom. The molecule has 0 aliphatic carbocycles. The molecule has 1 aromatic carbocycles. The van der Waals surface area contributed by atoms with Crippen LogP contribution in [0.3, 0.4) is 0 Å². The SMILES string of the molecule is CCOc1ccccc1CNC(=NC)N1CCC(C)C(n2ccnc2)C1. The number of ether oxygens (including phenoxy) is 1. The minimum absolute atomic E-state index is 0.417. The maximum atomic E-state index is 5.72. The van der Waals surface area contributed by atoms with Gasteiger partial charge in [0.25, 0.3) is 0 Å². The highest BCUT2D eigenvalue weighted by atomic mass is 16.5. The lowest BCUT2D eigenvalue weighted by molar-refractivity contribution is 0.189. The van der Waals surface area contributed by atoms with Crippen LogP contribution in [0.5, 0.6) is 5.75 Å². The number of aromatic nitrogens is 2. The molecule has 2 atom stereocenters. The molecule has 2 heterocycles. The first-order valence-electron chi connectivity index (χ1n) is 9.36. The molecule has 6 heteroatoms. The van der Waals surface area contributed by atoms with E-state index in [0.717, 1.165) is 36.8 Å². The number of rotatable bonds is 5. The second kappa shape index (κ2) is 8.74. The van der Waals surface area contributed by atoms with Gasteiger partial charge in [0.1, 0.15) is 5.75 Å². The molecule has 6 nitrogen and oxygen atoms in total. The topological polar surface area (TPSA) is 54.7 Å². The average molecular weight is 355 g/mol. The van der Waals surface area contributed by atoms with E-state index in [2.05, 4.69) is 43.9 Å². The molecule has 0 saturated carbocycles. The summed E-state index contributed by atoms with van der Waals surface area (Å²) >= 11 is 0. The molecule has 2 unspecified atom stereocenters. The fourth-order valence-corrected chi connectivity index (χ4v) is 3.55. The van der Waals surface area contributed by atoms with Crippen molar-refractivity contribution in [3.05, 3.63) is 48.5 Å². The summed E-state index contributed by atoms with van der Waals surface area (Å²) in [6.45, 7) is 7.64. The molecule has 1 saturated heterocycles. The van der Waals surface area contributed by atoms with Crippen molar-refractivity contribution >= 4 is 5.96 Å². The fourth-order valence-electron chi connectivity index (χ4n) is 3.55. The summed E-state index contributed by atoms with van der Waals surface area (Å²) in [6.07, 6.45) is 6.96. The predicted molar refractivity (Wildman–Crippen MR) is 104 cm³/mol. The minimum Gasteiger partial charge on any atom is -0.494 e. The summed E-state index contributed by atoms with van der Waals surface area (Å²) in [5.41, 5.74) is 1.15. The number of benzene rings is 1. The molecule has 140 valence electrons. The molecule has 0 radical (unpaired) electrons.